The number of carbonyl (C=O) groups is 1. The molecule has 0 aromatic heterocycles. The molecule has 1 saturated carbocycles. The van der Waals surface area contributed by atoms with Crippen molar-refractivity contribution in [2.75, 3.05) is 6.54 Å². The average molecular weight is 304 g/mol. The summed E-state index contributed by atoms with van der Waals surface area (Å²) in [6.07, 6.45) is 5.88. The third-order valence-electron chi connectivity index (χ3n) is 4.28. The van der Waals surface area contributed by atoms with E-state index in [0.717, 1.165) is 19.3 Å². The first-order valence-corrected chi connectivity index (χ1v) is 8.11. The number of carbonyl (C=O) groups excluding carboxylic acids is 1. The Labute approximate surface area is 132 Å². The maximum absolute atomic E-state index is 12.6. The van der Waals surface area contributed by atoms with Gasteiger partial charge in [0.15, 0.2) is 0 Å². The van der Waals surface area contributed by atoms with E-state index < -0.39 is 0 Å². The third kappa shape index (κ3) is 4.53. The van der Waals surface area contributed by atoms with Gasteiger partial charge in [-0.15, -0.1) is 0 Å². The second-order valence-corrected chi connectivity index (χ2v) is 6.38. The maximum atomic E-state index is 12.6. The molecule has 3 nitrogen and oxygen atoms in total. The molecule has 0 bridgehead atoms. The molecule has 0 atom stereocenters. The summed E-state index contributed by atoms with van der Waals surface area (Å²) in [4.78, 5) is 14.9. The number of benzene rings is 1. The molecule has 114 valence electrons. The van der Waals surface area contributed by atoms with Crippen LogP contribution in [0.1, 0.15) is 43.2 Å². The third-order valence-corrected chi connectivity index (χ3v) is 4.41. The van der Waals surface area contributed by atoms with Crippen molar-refractivity contribution in [3.63, 3.8) is 0 Å². The molecule has 1 aliphatic carbocycles. The minimum atomic E-state index is 0.179. The molecule has 0 heterocycles. The second kappa shape index (κ2) is 7.55. The predicted molar refractivity (Wildman–Crippen MR) is 90.3 cm³/mol. The summed E-state index contributed by atoms with van der Waals surface area (Å²) in [6, 6.07) is 8.56. The molecular weight excluding hydrogens is 280 g/mol. The zero-order chi connectivity index (χ0) is 15.2. The van der Waals surface area contributed by atoms with Gasteiger partial charge in [0.2, 0.25) is 5.91 Å². The van der Waals surface area contributed by atoms with E-state index in [0.29, 0.717) is 24.0 Å². The number of nitrogens with two attached hydrogens (primary N) is 1. The van der Waals surface area contributed by atoms with Crippen LogP contribution in [0.5, 0.6) is 0 Å². The molecule has 0 unspecified atom stereocenters. The van der Waals surface area contributed by atoms with Crippen molar-refractivity contribution >= 4 is 23.1 Å². The molecule has 1 aromatic carbocycles. The van der Waals surface area contributed by atoms with Crippen LogP contribution in [0.4, 0.5) is 0 Å². The van der Waals surface area contributed by atoms with Gasteiger partial charge in [-0.1, -0.05) is 49.3 Å². The van der Waals surface area contributed by atoms with Crippen LogP contribution < -0.4 is 5.73 Å². The van der Waals surface area contributed by atoms with Crippen molar-refractivity contribution in [2.45, 2.75) is 51.5 Å². The van der Waals surface area contributed by atoms with Gasteiger partial charge >= 0.3 is 0 Å². The number of hydrogen-bond donors (Lipinski definition) is 1. The zero-order valence-electron chi connectivity index (χ0n) is 12.7. The lowest BCUT2D eigenvalue weighted by molar-refractivity contribution is -0.132. The summed E-state index contributed by atoms with van der Waals surface area (Å²) in [7, 11) is 0. The number of hydrogen-bond acceptors (Lipinski definition) is 2. The predicted octanol–water partition coefficient (Wildman–Crippen LogP) is 2.98. The van der Waals surface area contributed by atoms with E-state index in [-0.39, 0.29) is 5.91 Å². The van der Waals surface area contributed by atoms with Crippen LogP contribution in [0.25, 0.3) is 0 Å². The molecule has 1 aliphatic rings. The molecule has 0 radical (unpaired) electrons. The first-order chi connectivity index (χ1) is 10.1. The Morgan fingerprint density at radius 1 is 1.33 bits per heavy atom. The van der Waals surface area contributed by atoms with E-state index in [2.05, 4.69) is 19.1 Å². The van der Waals surface area contributed by atoms with Gasteiger partial charge in [0.1, 0.15) is 0 Å². The highest BCUT2D eigenvalue weighted by Crippen LogP contribution is 2.24. The lowest BCUT2D eigenvalue weighted by atomic mass is 10.0. The van der Waals surface area contributed by atoms with Gasteiger partial charge in [-0.05, 0) is 37.3 Å². The van der Waals surface area contributed by atoms with Crippen LogP contribution in [0.2, 0.25) is 0 Å². The van der Waals surface area contributed by atoms with E-state index in [1.807, 2.05) is 17.0 Å². The zero-order valence-corrected chi connectivity index (χ0v) is 13.5. The molecule has 1 amide bonds. The number of nitrogens with zero attached hydrogens (tertiary/aromatic N) is 1. The Morgan fingerprint density at radius 3 is 2.62 bits per heavy atom. The lowest BCUT2D eigenvalue weighted by Gasteiger charge is -2.28. The summed E-state index contributed by atoms with van der Waals surface area (Å²) in [5.41, 5.74) is 8.15. The SMILES string of the molecule is Cc1ccccc1CCC(=O)N(CC(N)=S)C1CCCC1. The molecule has 0 aliphatic heterocycles. The number of aryl methyl sites for hydroxylation is 2. The number of rotatable bonds is 6. The maximum Gasteiger partial charge on any atom is 0.223 e. The Balaban J connectivity index is 1.97. The van der Waals surface area contributed by atoms with Crippen LogP contribution in [-0.2, 0) is 11.2 Å². The highest BCUT2D eigenvalue weighted by atomic mass is 32.1. The van der Waals surface area contributed by atoms with E-state index >= 15 is 0 Å². The molecule has 0 saturated heterocycles. The first kappa shape index (κ1) is 16.0. The van der Waals surface area contributed by atoms with E-state index in [1.165, 1.54) is 24.0 Å². The van der Waals surface area contributed by atoms with Crippen molar-refractivity contribution < 1.29 is 4.79 Å². The van der Waals surface area contributed by atoms with Gasteiger partial charge in [0.05, 0.1) is 11.5 Å². The summed E-state index contributed by atoms with van der Waals surface area (Å²) in [6.45, 7) is 2.51. The van der Waals surface area contributed by atoms with Crippen LogP contribution >= 0.6 is 12.2 Å². The average Bonchev–Trinajstić information content (AvgIpc) is 2.97. The van der Waals surface area contributed by atoms with Crippen LogP contribution in [0.3, 0.4) is 0 Å². The molecule has 1 aromatic rings. The molecular formula is C17H24N2OS. The van der Waals surface area contributed by atoms with Crippen LogP contribution in [0.15, 0.2) is 24.3 Å². The molecule has 2 rings (SSSR count). The van der Waals surface area contributed by atoms with Crippen LogP contribution in [0, 0.1) is 6.92 Å². The monoisotopic (exact) mass is 304 g/mol. The molecule has 1 fully saturated rings. The van der Waals surface area contributed by atoms with Gasteiger partial charge in [0, 0.05) is 12.5 Å². The quantitative estimate of drug-likeness (QED) is 0.822. The van der Waals surface area contributed by atoms with Crippen molar-refractivity contribution in [3.05, 3.63) is 35.4 Å². The Hall–Kier alpha value is -1.42. The highest BCUT2D eigenvalue weighted by molar-refractivity contribution is 7.80. The minimum absolute atomic E-state index is 0.179. The van der Waals surface area contributed by atoms with Gasteiger partial charge in [-0.2, -0.15) is 0 Å². The summed E-state index contributed by atoms with van der Waals surface area (Å²) in [5.74, 6) is 0.179. The number of amides is 1. The van der Waals surface area contributed by atoms with Crippen molar-refractivity contribution in [2.24, 2.45) is 5.73 Å². The fourth-order valence-electron chi connectivity index (χ4n) is 3.08. The fraction of sp³-hybridized carbons (Fsp3) is 0.529. The van der Waals surface area contributed by atoms with Gasteiger partial charge in [-0.3, -0.25) is 4.79 Å². The number of thiocarbonyl (C=S) groups is 1. The van der Waals surface area contributed by atoms with E-state index in [1.54, 1.807) is 0 Å². The molecule has 2 N–H and O–H groups in total. The van der Waals surface area contributed by atoms with Gasteiger partial charge in [0.25, 0.3) is 0 Å². The summed E-state index contributed by atoms with van der Waals surface area (Å²) >= 11 is 5.01. The summed E-state index contributed by atoms with van der Waals surface area (Å²) in [5, 5.41) is 0. The first-order valence-electron chi connectivity index (χ1n) is 7.70. The highest BCUT2D eigenvalue weighted by Gasteiger charge is 2.26. The standard InChI is InChI=1S/C17H24N2OS/c1-13-6-2-3-7-14(13)10-11-17(20)19(12-16(18)21)15-8-4-5-9-15/h2-3,6-7,15H,4-5,8-12H2,1H3,(H2,18,21). The summed E-state index contributed by atoms with van der Waals surface area (Å²) < 4.78 is 0. The topological polar surface area (TPSA) is 46.3 Å². The van der Waals surface area contributed by atoms with Crippen LogP contribution in [-0.4, -0.2) is 28.4 Å². The normalized spacial score (nSPS) is 15.1. The Bertz CT molecular complexity index is 509. The van der Waals surface area contributed by atoms with E-state index in [9.17, 15) is 4.79 Å². The molecule has 21 heavy (non-hydrogen) atoms. The van der Waals surface area contributed by atoms with Crippen molar-refractivity contribution in [1.82, 2.24) is 4.90 Å². The minimum Gasteiger partial charge on any atom is -0.392 e. The Kier molecular flexibility index (Phi) is 5.74. The second-order valence-electron chi connectivity index (χ2n) is 5.85. The fourth-order valence-corrected chi connectivity index (χ4v) is 3.22. The van der Waals surface area contributed by atoms with E-state index in [4.69, 9.17) is 18.0 Å². The van der Waals surface area contributed by atoms with Gasteiger partial charge in [-0.25, -0.2) is 0 Å². The van der Waals surface area contributed by atoms with Gasteiger partial charge < -0.3 is 10.6 Å². The molecule has 4 heteroatoms. The van der Waals surface area contributed by atoms with Crippen molar-refractivity contribution in [3.8, 4) is 0 Å². The molecule has 0 spiro atoms. The smallest absolute Gasteiger partial charge is 0.223 e. The lowest BCUT2D eigenvalue weighted by Crippen LogP contribution is -2.43. The largest absolute Gasteiger partial charge is 0.392 e. The Morgan fingerprint density at radius 2 is 2.00 bits per heavy atom. The van der Waals surface area contributed by atoms with Crippen molar-refractivity contribution in [1.29, 1.82) is 0 Å².